The zero-order chi connectivity index (χ0) is 25.7. The Hall–Kier alpha value is -3.54. The second-order valence-electron chi connectivity index (χ2n) is 8.03. The minimum absolute atomic E-state index is 0.0238. The average Bonchev–Trinajstić information content (AvgIpc) is 2.88. The van der Waals surface area contributed by atoms with Gasteiger partial charge in [-0.05, 0) is 29.8 Å². The number of likely N-dealkylation sites (N-methyl/N-ethyl adjacent to an activating group) is 1. The molecule has 0 radical (unpaired) electrons. The minimum atomic E-state index is -0.742. The van der Waals surface area contributed by atoms with Crippen molar-refractivity contribution in [2.45, 2.75) is 25.2 Å². The second kappa shape index (κ2) is 11.5. The lowest BCUT2D eigenvalue weighted by Gasteiger charge is -2.28. The van der Waals surface area contributed by atoms with Gasteiger partial charge in [-0.3, -0.25) is 14.4 Å². The number of nitrogens with zero attached hydrogens (tertiary/aromatic N) is 1. The monoisotopic (exact) mass is 518 g/mol. The summed E-state index contributed by atoms with van der Waals surface area (Å²) in [5.41, 5.74) is 0.162. The van der Waals surface area contributed by atoms with E-state index in [9.17, 15) is 18.8 Å². The summed E-state index contributed by atoms with van der Waals surface area (Å²) in [4.78, 5) is 43.5. The van der Waals surface area contributed by atoms with Gasteiger partial charge in [0.25, 0.3) is 17.4 Å². The highest BCUT2D eigenvalue weighted by molar-refractivity contribution is 6.30. The van der Waals surface area contributed by atoms with Gasteiger partial charge < -0.3 is 29.8 Å². The van der Waals surface area contributed by atoms with Crippen molar-refractivity contribution in [1.29, 1.82) is 0 Å². The van der Waals surface area contributed by atoms with Gasteiger partial charge in [0.2, 0.25) is 0 Å². The summed E-state index contributed by atoms with van der Waals surface area (Å²) in [6.45, 7) is 0.472. The van der Waals surface area contributed by atoms with E-state index in [0.29, 0.717) is 11.4 Å². The van der Waals surface area contributed by atoms with E-state index in [-0.39, 0.29) is 60.9 Å². The molecule has 1 aliphatic heterocycles. The summed E-state index contributed by atoms with van der Waals surface area (Å²) in [5.74, 6) is -2.11. The summed E-state index contributed by atoms with van der Waals surface area (Å²) in [6, 6.07) is 9.39. The first-order chi connectivity index (χ1) is 17.4. The number of nitrogens with one attached hydrogen (secondary N) is 3. The number of rotatable bonds is 8. The molecule has 12 heteroatoms. The summed E-state index contributed by atoms with van der Waals surface area (Å²) in [7, 11) is 1.51. The van der Waals surface area contributed by atoms with Crippen LogP contribution >= 0.6 is 11.6 Å². The first-order valence-corrected chi connectivity index (χ1v) is 11.6. The van der Waals surface area contributed by atoms with Crippen LogP contribution < -0.4 is 20.9 Å². The van der Waals surface area contributed by atoms with Crippen molar-refractivity contribution in [1.82, 2.24) is 20.6 Å². The van der Waals surface area contributed by atoms with Gasteiger partial charge in [-0.25, -0.2) is 9.37 Å². The van der Waals surface area contributed by atoms with Crippen LogP contribution in [0.15, 0.2) is 41.2 Å². The predicted octanol–water partition coefficient (Wildman–Crippen LogP) is 1.94. The van der Waals surface area contributed by atoms with Crippen LogP contribution in [0.1, 0.15) is 22.6 Å². The normalized spacial score (nSPS) is 17.5. The van der Waals surface area contributed by atoms with Gasteiger partial charge in [0.15, 0.2) is 23.5 Å². The lowest BCUT2D eigenvalue weighted by Crippen LogP contribution is -2.44. The molecule has 3 N–H and O–H groups in total. The first kappa shape index (κ1) is 25.5. The van der Waals surface area contributed by atoms with Crippen LogP contribution in [0.2, 0.25) is 5.02 Å². The largest absolute Gasteiger partial charge is 0.489 e. The summed E-state index contributed by atoms with van der Waals surface area (Å²) in [6.07, 6.45) is -0.689. The molecule has 2 amide bonds. The van der Waals surface area contributed by atoms with Gasteiger partial charge in [-0.15, -0.1) is 0 Å². The number of carbonyl (C=O) groups excluding carboxylic acids is 2. The number of ether oxygens (including phenoxy) is 3. The number of hydrogen-bond acceptors (Lipinski definition) is 7. The number of benzene rings is 2. The first-order valence-electron chi connectivity index (χ1n) is 11.2. The smallest absolute Gasteiger partial charge is 0.287 e. The number of amides is 2. The third-order valence-electron chi connectivity index (χ3n) is 5.53. The standard InChI is InChI=1S/C24H24ClFN4O6/c1-27-22(31)18-12-35-15(11-36-18)7-8-34-20-16(26)5-6-17-19(20)23(32)30-21(29-17)24(33)28-10-13-3-2-4-14(25)9-13/h2-6,9,15,18H,7-8,10-12H2,1H3,(H,27,31)(H,28,33)(H,29,30,32). The van der Waals surface area contributed by atoms with Crippen molar-refractivity contribution >= 4 is 34.3 Å². The fourth-order valence-electron chi connectivity index (χ4n) is 3.65. The van der Waals surface area contributed by atoms with E-state index in [4.69, 9.17) is 25.8 Å². The highest BCUT2D eigenvalue weighted by Crippen LogP contribution is 2.26. The van der Waals surface area contributed by atoms with Crippen LogP contribution in [0.3, 0.4) is 0 Å². The van der Waals surface area contributed by atoms with E-state index in [1.807, 2.05) is 0 Å². The molecule has 2 unspecified atom stereocenters. The fourth-order valence-corrected chi connectivity index (χ4v) is 3.87. The van der Waals surface area contributed by atoms with Crippen LogP contribution in [-0.2, 0) is 20.8 Å². The van der Waals surface area contributed by atoms with Crippen molar-refractivity contribution in [3.8, 4) is 5.75 Å². The van der Waals surface area contributed by atoms with Gasteiger partial charge in [0.1, 0.15) is 5.39 Å². The maximum atomic E-state index is 14.5. The summed E-state index contributed by atoms with van der Waals surface area (Å²) < 4.78 is 31.2. The maximum absolute atomic E-state index is 14.5. The van der Waals surface area contributed by atoms with Crippen molar-refractivity contribution in [3.63, 3.8) is 0 Å². The van der Waals surface area contributed by atoms with E-state index >= 15 is 0 Å². The number of aromatic nitrogens is 2. The molecule has 0 spiro atoms. The molecule has 3 aromatic rings. The van der Waals surface area contributed by atoms with E-state index in [2.05, 4.69) is 20.6 Å². The molecule has 10 nitrogen and oxygen atoms in total. The van der Waals surface area contributed by atoms with Gasteiger partial charge in [-0.1, -0.05) is 23.7 Å². The predicted molar refractivity (Wildman–Crippen MR) is 129 cm³/mol. The Bertz CT molecular complexity index is 1330. The Morgan fingerprint density at radius 2 is 2.08 bits per heavy atom. The molecule has 190 valence electrons. The molecular weight excluding hydrogens is 495 g/mol. The Kier molecular flexibility index (Phi) is 8.14. The Labute approximate surface area is 210 Å². The molecular formula is C24H24ClFN4O6. The number of fused-ring (bicyclic) bond motifs is 1. The lowest BCUT2D eigenvalue weighted by molar-refractivity contribution is -0.161. The zero-order valence-electron chi connectivity index (χ0n) is 19.3. The summed E-state index contributed by atoms with van der Waals surface area (Å²) >= 11 is 5.95. The van der Waals surface area contributed by atoms with Crippen LogP contribution in [-0.4, -0.2) is 60.9 Å². The third-order valence-corrected chi connectivity index (χ3v) is 5.76. The molecule has 4 rings (SSSR count). The Morgan fingerprint density at radius 1 is 1.25 bits per heavy atom. The van der Waals surface area contributed by atoms with Crippen LogP contribution in [0.4, 0.5) is 4.39 Å². The SMILES string of the molecule is CNC(=O)C1COC(CCOc2c(F)ccc3nc(C(=O)NCc4cccc(Cl)c4)[nH]c(=O)c23)CO1. The molecule has 2 aromatic carbocycles. The van der Waals surface area contributed by atoms with E-state index in [1.54, 1.807) is 24.3 Å². The molecule has 1 saturated heterocycles. The van der Waals surface area contributed by atoms with E-state index in [1.165, 1.54) is 13.1 Å². The number of halogens is 2. The van der Waals surface area contributed by atoms with Gasteiger partial charge in [0.05, 0.1) is 31.4 Å². The summed E-state index contributed by atoms with van der Waals surface area (Å²) in [5, 5.41) is 5.57. The zero-order valence-corrected chi connectivity index (χ0v) is 20.1. The minimum Gasteiger partial charge on any atom is -0.489 e. The van der Waals surface area contributed by atoms with Gasteiger partial charge in [-0.2, -0.15) is 0 Å². The highest BCUT2D eigenvalue weighted by Gasteiger charge is 2.27. The van der Waals surface area contributed by atoms with Crippen LogP contribution in [0.5, 0.6) is 5.75 Å². The van der Waals surface area contributed by atoms with Crippen molar-refractivity contribution in [3.05, 3.63) is 69.0 Å². The second-order valence-corrected chi connectivity index (χ2v) is 8.46. The van der Waals surface area contributed by atoms with E-state index < -0.39 is 23.4 Å². The quantitative estimate of drug-likeness (QED) is 0.415. The van der Waals surface area contributed by atoms with Crippen molar-refractivity contribution in [2.24, 2.45) is 0 Å². The molecule has 36 heavy (non-hydrogen) atoms. The molecule has 2 atom stereocenters. The van der Waals surface area contributed by atoms with Crippen molar-refractivity contribution in [2.75, 3.05) is 26.9 Å². The van der Waals surface area contributed by atoms with Crippen LogP contribution in [0.25, 0.3) is 10.9 Å². The number of H-pyrrole nitrogens is 1. The lowest BCUT2D eigenvalue weighted by atomic mass is 10.2. The Morgan fingerprint density at radius 3 is 2.81 bits per heavy atom. The van der Waals surface area contributed by atoms with Crippen LogP contribution in [0, 0.1) is 5.82 Å². The Balaban J connectivity index is 1.41. The fraction of sp³-hybridized carbons (Fsp3) is 0.333. The van der Waals surface area contributed by atoms with Gasteiger partial charge in [0, 0.05) is 25.0 Å². The average molecular weight is 519 g/mol. The maximum Gasteiger partial charge on any atom is 0.287 e. The number of carbonyl (C=O) groups is 2. The molecule has 1 fully saturated rings. The third kappa shape index (κ3) is 5.99. The molecule has 1 aromatic heterocycles. The number of hydrogen-bond donors (Lipinski definition) is 3. The molecule has 2 heterocycles. The molecule has 0 saturated carbocycles. The van der Waals surface area contributed by atoms with Crippen molar-refractivity contribution < 1.29 is 28.2 Å². The van der Waals surface area contributed by atoms with E-state index in [0.717, 1.165) is 11.6 Å². The topological polar surface area (TPSA) is 132 Å². The number of aromatic amines is 1. The van der Waals surface area contributed by atoms with Gasteiger partial charge >= 0.3 is 0 Å². The molecule has 0 aliphatic carbocycles. The molecule has 1 aliphatic rings. The molecule has 0 bridgehead atoms. The highest BCUT2D eigenvalue weighted by atomic mass is 35.5.